The zero-order chi connectivity index (χ0) is 18.0. The Hall–Kier alpha value is -0.250. The first kappa shape index (κ1) is 22.8. The van der Waals surface area contributed by atoms with Gasteiger partial charge in [-0.25, -0.2) is 8.42 Å². The van der Waals surface area contributed by atoms with Gasteiger partial charge in [-0.15, -0.1) is 24.0 Å². The summed E-state index contributed by atoms with van der Waals surface area (Å²) in [6.07, 6.45) is 0.745. The van der Waals surface area contributed by atoms with E-state index in [2.05, 4.69) is 10.3 Å². The summed E-state index contributed by atoms with van der Waals surface area (Å²) in [5.74, 6) is 0.857. The molecule has 1 aromatic rings. The molecule has 0 radical (unpaired) electrons. The molecule has 1 N–H and O–H groups in total. The van der Waals surface area contributed by atoms with Gasteiger partial charge in [0.25, 0.3) is 0 Å². The molecule has 1 fully saturated rings. The smallest absolute Gasteiger partial charge is 0.193 e. The van der Waals surface area contributed by atoms with Crippen LogP contribution in [0.3, 0.4) is 0 Å². The average molecular weight is 520 g/mol. The molecule has 142 valence electrons. The van der Waals surface area contributed by atoms with Gasteiger partial charge in [-0.1, -0.05) is 23.2 Å². The van der Waals surface area contributed by atoms with Crippen LogP contribution in [-0.4, -0.2) is 56.5 Å². The highest BCUT2D eigenvalue weighted by molar-refractivity contribution is 14.0. The molecule has 0 spiro atoms. The van der Waals surface area contributed by atoms with Gasteiger partial charge in [0, 0.05) is 36.7 Å². The van der Waals surface area contributed by atoms with Gasteiger partial charge in [-0.3, -0.25) is 4.99 Å². The van der Waals surface area contributed by atoms with Crippen molar-refractivity contribution in [3.05, 3.63) is 33.8 Å². The predicted molar refractivity (Wildman–Crippen MR) is 116 cm³/mol. The van der Waals surface area contributed by atoms with Crippen LogP contribution in [0.2, 0.25) is 10.0 Å². The number of halogens is 3. The van der Waals surface area contributed by atoms with Crippen molar-refractivity contribution in [1.29, 1.82) is 0 Å². The van der Waals surface area contributed by atoms with Crippen LogP contribution in [0.25, 0.3) is 0 Å². The summed E-state index contributed by atoms with van der Waals surface area (Å²) in [4.78, 5) is 6.27. The fourth-order valence-corrected chi connectivity index (χ4v) is 4.67. The van der Waals surface area contributed by atoms with Gasteiger partial charge in [0.15, 0.2) is 15.8 Å². The van der Waals surface area contributed by atoms with E-state index < -0.39 is 14.6 Å². The molecule has 5 nitrogen and oxygen atoms in total. The van der Waals surface area contributed by atoms with Gasteiger partial charge in [0.2, 0.25) is 0 Å². The fourth-order valence-electron chi connectivity index (χ4n) is 2.73. The highest BCUT2D eigenvalue weighted by Crippen LogP contribution is 2.23. The van der Waals surface area contributed by atoms with Crippen LogP contribution in [0.1, 0.15) is 19.4 Å². The zero-order valence-electron chi connectivity index (χ0n) is 14.6. The molecule has 1 aliphatic heterocycles. The topological polar surface area (TPSA) is 61.8 Å². The first-order chi connectivity index (χ1) is 11.1. The van der Waals surface area contributed by atoms with E-state index >= 15 is 0 Å². The molecule has 1 aliphatic rings. The van der Waals surface area contributed by atoms with E-state index in [-0.39, 0.29) is 29.7 Å². The Morgan fingerprint density at radius 1 is 1.28 bits per heavy atom. The van der Waals surface area contributed by atoms with Crippen molar-refractivity contribution < 1.29 is 8.42 Å². The molecule has 0 amide bonds. The lowest BCUT2D eigenvalue weighted by molar-refractivity contribution is 0.353. The highest BCUT2D eigenvalue weighted by Gasteiger charge is 2.40. The van der Waals surface area contributed by atoms with Crippen molar-refractivity contribution >= 4 is 63.0 Å². The van der Waals surface area contributed by atoms with Gasteiger partial charge < -0.3 is 10.2 Å². The van der Waals surface area contributed by atoms with Gasteiger partial charge in [-0.2, -0.15) is 0 Å². The Morgan fingerprint density at radius 2 is 1.88 bits per heavy atom. The second-order valence-electron chi connectivity index (χ2n) is 6.50. The molecule has 0 aromatic heterocycles. The van der Waals surface area contributed by atoms with E-state index in [4.69, 9.17) is 23.2 Å². The average Bonchev–Trinajstić information content (AvgIpc) is 2.46. The molecule has 0 bridgehead atoms. The number of sulfone groups is 1. The van der Waals surface area contributed by atoms with Crippen molar-refractivity contribution in [2.75, 3.05) is 32.4 Å². The van der Waals surface area contributed by atoms with E-state index in [9.17, 15) is 8.42 Å². The van der Waals surface area contributed by atoms with Crippen molar-refractivity contribution in [3.8, 4) is 0 Å². The van der Waals surface area contributed by atoms with Crippen LogP contribution in [-0.2, 0) is 16.3 Å². The summed E-state index contributed by atoms with van der Waals surface area (Å²) < 4.78 is 23.4. The van der Waals surface area contributed by atoms with Crippen LogP contribution in [0.5, 0.6) is 0 Å². The van der Waals surface area contributed by atoms with E-state index in [0.717, 1.165) is 12.0 Å². The summed E-state index contributed by atoms with van der Waals surface area (Å²) in [7, 11) is -1.36. The number of hydrogen-bond acceptors (Lipinski definition) is 3. The molecule has 25 heavy (non-hydrogen) atoms. The maximum Gasteiger partial charge on any atom is 0.193 e. The molecule has 1 heterocycles. The lowest BCUT2D eigenvalue weighted by atomic mass is 10.1. The predicted octanol–water partition coefficient (Wildman–Crippen LogP) is 3.24. The molecule has 0 aliphatic carbocycles. The Kier molecular flexibility index (Phi) is 8.30. The number of aliphatic imine (C=N–C) groups is 1. The third kappa shape index (κ3) is 5.87. The molecule has 0 atom stereocenters. The lowest BCUT2D eigenvalue weighted by Crippen LogP contribution is -2.57. The molecule has 1 saturated heterocycles. The van der Waals surface area contributed by atoms with E-state index in [1.165, 1.54) is 0 Å². The zero-order valence-corrected chi connectivity index (χ0v) is 19.2. The fraction of sp³-hybridized carbons (Fsp3) is 0.562. The second-order valence-corrected chi connectivity index (χ2v) is 10.1. The Bertz CT molecular complexity index is 719. The summed E-state index contributed by atoms with van der Waals surface area (Å²) in [5.41, 5.74) is 1.04. The molecule has 0 saturated carbocycles. The summed E-state index contributed by atoms with van der Waals surface area (Å²) >= 11 is 12.0. The SMILES string of the molecule is CN=C(NCCc1cc(Cl)cc(Cl)c1)N1CCS(=O)(=O)C(C)(C)C1.I. The molecule has 1 aromatic carbocycles. The third-order valence-corrected chi connectivity index (χ3v) is 7.14. The highest BCUT2D eigenvalue weighted by atomic mass is 127. The minimum absolute atomic E-state index is 0. The number of rotatable bonds is 3. The van der Waals surface area contributed by atoms with Crippen molar-refractivity contribution in [1.82, 2.24) is 10.2 Å². The first-order valence-electron chi connectivity index (χ1n) is 7.77. The number of nitrogens with one attached hydrogen (secondary N) is 1. The summed E-state index contributed by atoms with van der Waals surface area (Å²) in [5, 5.41) is 4.52. The van der Waals surface area contributed by atoms with E-state index in [1.807, 2.05) is 17.0 Å². The second kappa shape index (κ2) is 9.10. The first-order valence-corrected chi connectivity index (χ1v) is 10.2. The summed E-state index contributed by atoms with van der Waals surface area (Å²) in [6.45, 7) is 5.06. The van der Waals surface area contributed by atoms with Gasteiger partial charge >= 0.3 is 0 Å². The van der Waals surface area contributed by atoms with Crippen LogP contribution >= 0.6 is 47.2 Å². The van der Waals surface area contributed by atoms with Crippen LogP contribution in [0.15, 0.2) is 23.2 Å². The number of nitrogens with zero attached hydrogens (tertiary/aromatic N) is 2. The standard InChI is InChI=1S/C16H23Cl2N3O2S.HI/c1-16(2)11-21(6-7-24(16,22)23)15(19-3)20-5-4-12-8-13(17)10-14(18)9-12;/h8-10H,4-7,11H2,1-3H3,(H,19,20);1H. The van der Waals surface area contributed by atoms with Crippen molar-refractivity contribution in [2.24, 2.45) is 4.99 Å². The molecule has 0 unspecified atom stereocenters. The molecule has 9 heteroatoms. The Morgan fingerprint density at radius 3 is 2.40 bits per heavy atom. The van der Waals surface area contributed by atoms with E-state index in [0.29, 0.717) is 35.6 Å². The minimum atomic E-state index is -3.06. The van der Waals surface area contributed by atoms with Gasteiger partial charge in [0.05, 0.1) is 10.5 Å². The Labute approximate surface area is 177 Å². The number of benzene rings is 1. The maximum atomic E-state index is 12.1. The molecule has 2 rings (SSSR count). The third-order valence-electron chi connectivity index (χ3n) is 4.17. The van der Waals surface area contributed by atoms with Crippen molar-refractivity contribution in [2.45, 2.75) is 25.0 Å². The number of hydrogen-bond donors (Lipinski definition) is 1. The normalized spacial score (nSPS) is 19.2. The lowest BCUT2D eigenvalue weighted by Gasteiger charge is -2.39. The molecular formula is C16H24Cl2IN3O2S. The largest absolute Gasteiger partial charge is 0.356 e. The minimum Gasteiger partial charge on any atom is -0.356 e. The van der Waals surface area contributed by atoms with Gasteiger partial charge in [0.1, 0.15) is 0 Å². The maximum absolute atomic E-state index is 12.1. The van der Waals surface area contributed by atoms with Crippen LogP contribution < -0.4 is 5.32 Å². The van der Waals surface area contributed by atoms with Crippen molar-refractivity contribution in [3.63, 3.8) is 0 Å². The Balaban J connectivity index is 0.00000312. The quantitative estimate of drug-likeness (QED) is 0.378. The van der Waals surface area contributed by atoms with Gasteiger partial charge in [-0.05, 0) is 44.0 Å². The monoisotopic (exact) mass is 519 g/mol. The van der Waals surface area contributed by atoms with Crippen LogP contribution in [0, 0.1) is 0 Å². The van der Waals surface area contributed by atoms with E-state index in [1.54, 1.807) is 27.0 Å². The molecular weight excluding hydrogens is 496 g/mol. The number of guanidine groups is 1. The van der Waals surface area contributed by atoms with Crippen LogP contribution in [0.4, 0.5) is 0 Å². The summed E-state index contributed by atoms with van der Waals surface area (Å²) in [6, 6.07) is 5.47.